The molecule has 1 aromatic heterocycles. The van der Waals surface area contributed by atoms with Gasteiger partial charge in [0.1, 0.15) is 16.8 Å². The average molecular weight is 407 g/mol. The third-order valence-electron chi connectivity index (χ3n) is 4.31. The van der Waals surface area contributed by atoms with E-state index in [2.05, 4.69) is 50.4 Å². The number of allylic oxidation sites excluding steroid dienone is 1. The summed E-state index contributed by atoms with van der Waals surface area (Å²) in [5.41, 5.74) is 1.14. The molecule has 0 saturated carbocycles. The maximum Gasteiger partial charge on any atom is 0.134 e. The SMILES string of the molecule is C=CCCCNc1ccc(SN2CCN(c3cc(F)cc(Cl)n3)CC2)cc1. The summed E-state index contributed by atoms with van der Waals surface area (Å²) in [6.07, 6.45) is 4.07. The van der Waals surface area contributed by atoms with Crippen molar-refractivity contribution < 1.29 is 4.39 Å². The number of hydrogen-bond donors (Lipinski definition) is 1. The van der Waals surface area contributed by atoms with Gasteiger partial charge < -0.3 is 10.2 Å². The number of benzene rings is 1. The smallest absolute Gasteiger partial charge is 0.134 e. The second-order valence-corrected chi connectivity index (χ2v) is 7.91. The summed E-state index contributed by atoms with van der Waals surface area (Å²) in [4.78, 5) is 7.51. The Morgan fingerprint density at radius 2 is 1.93 bits per heavy atom. The Balaban J connectivity index is 1.46. The molecule has 1 aliphatic heterocycles. The highest BCUT2D eigenvalue weighted by molar-refractivity contribution is 7.97. The molecule has 0 radical (unpaired) electrons. The van der Waals surface area contributed by atoms with Crippen molar-refractivity contribution in [1.29, 1.82) is 0 Å². The maximum absolute atomic E-state index is 13.5. The topological polar surface area (TPSA) is 31.4 Å². The van der Waals surface area contributed by atoms with Gasteiger partial charge in [-0.1, -0.05) is 17.7 Å². The Morgan fingerprint density at radius 1 is 1.19 bits per heavy atom. The van der Waals surface area contributed by atoms with Crippen LogP contribution in [0, 0.1) is 5.82 Å². The van der Waals surface area contributed by atoms with Crippen LogP contribution in [-0.2, 0) is 0 Å². The van der Waals surface area contributed by atoms with Crippen LogP contribution >= 0.6 is 23.5 Å². The number of pyridine rings is 1. The predicted molar refractivity (Wildman–Crippen MR) is 113 cm³/mol. The van der Waals surface area contributed by atoms with Gasteiger partial charge in [0, 0.05) is 55.4 Å². The van der Waals surface area contributed by atoms with E-state index in [-0.39, 0.29) is 11.0 Å². The van der Waals surface area contributed by atoms with Crippen LogP contribution in [0.15, 0.2) is 53.9 Å². The lowest BCUT2D eigenvalue weighted by molar-refractivity contribution is 0.427. The Hall–Kier alpha value is -1.76. The van der Waals surface area contributed by atoms with E-state index in [9.17, 15) is 4.39 Å². The summed E-state index contributed by atoms with van der Waals surface area (Å²) >= 11 is 7.62. The van der Waals surface area contributed by atoms with Crippen LogP contribution in [0.25, 0.3) is 0 Å². The Bertz CT molecular complexity index is 728. The fraction of sp³-hybridized carbons (Fsp3) is 0.350. The lowest BCUT2D eigenvalue weighted by Crippen LogP contribution is -2.43. The number of hydrogen-bond acceptors (Lipinski definition) is 5. The molecule has 27 heavy (non-hydrogen) atoms. The van der Waals surface area contributed by atoms with Gasteiger partial charge in [-0.2, -0.15) is 0 Å². The first-order valence-corrected chi connectivity index (χ1v) is 10.2. The van der Waals surface area contributed by atoms with Gasteiger partial charge >= 0.3 is 0 Å². The molecule has 1 aliphatic rings. The molecular weight excluding hydrogens is 383 g/mol. The van der Waals surface area contributed by atoms with E-state index in [1.807, 2.05) is 6.08 Å². The molecule has 0 unspecified atom stereocenters. The number of aromatic nitrogens is 1. The van der Waals surface area contributed by atoms with Crippen LogP contribution in [0.1, 0.15) is 12.8 Å². The van der Waals surface area contributed by atoms with Gasteiger partial charge in [0.2, 0.25) is 0 Å². The van der Waals surface area contributed by atoms with Crippen molar-refractivity contribution in [2.75, 3.05) is 42.9 Å². The average Bonchev–Trinajstić information content (AvgIpc) is 2.66. The van der Waals surface area contributed by atoms with Gasteiger partial charge in [-0.25, -0.2) is 13.7 Å². The van der Waals surface area contributed by atoms with Crippen molar-refractivity contribution in [3.05, 3.63) is 60.0 Å². The minimum absolute atomic E-state index is 0.194. The zero-order valence-corrected chi connectivity index (χ0v) is 16.8. The molecule has 3 rings (SSSR count). The van der Waals surface area contributed by atoms with Gasteiger partial charge in [0.15, 0.2) is 0 Å². The number of halogens is 2. The first kappa shape index (κ1) is 20.0. The molecule has 0 spiro atoms. The zero-order chi connectivity index (χ0) is 19.1. The normalized spacial score (nSPS) is 15.0. The fourth-order valence-corrected chi connectivity index (χ4v) is 3.98. The molecular formula is C20H24ClFN4S. The fourth-order valence-electron chi connectivity index (χ4n) is 2.89. The van der Waals surface area contributed by atoms with Crippen molar-refractivity contribution in [1.82, 2.24) is 9.29 Å². The van der Waals surface area contributed by atoms with E-state index < -0.39 is 0 Å². The monoisotopic (exact) mass is 406 g/mol. The third kappa shape index (κ3) is 6.13. The zero-order valence-electron chi connectivity index (χ0n) is 15.2. The van der Waals surface area contributed by atoms with Crippen molar-refractivity contribution in [2.24, 2.45) is 0 Å². The molecule has 2 aromatic rings. The number of nitrogens with one attached hydrogen (secondary N) is 1. The van der Waals surface area contributed by atoms with Crippen LogP contribution in [0.4, 0.5) is 15.9 Å². The number of rotatable bonds is 8. The number of unbranched alkanes of at least 4 members (excludes halogenated alkanes) is 1. The molecule has 0 atom stereocenters. The summed E-state index contributed by atoms with van der Waals surface area (Å²) < 4.78 is 15.8. The van der Waals surface area contributed by atoms with E-state index >= 15 is 0 Å². The van der Waals surface area contributed by atoms with Gasteiger partial charge in [-0.05, 0) is 49.1 Å². The Kier molecular flexibility index (Phi) is 7.38. The minimum atomic E-state index is -0.347. The quantitative estimate of drug-likeness (QED) is 0.286. The predicted octanol–water partition coefficient (Wildman–Crippen LogP) is 5.08. The molecule has 144 valence electrons. The van der Waals surface area contributed by atoms with Crippen LogP contribution in [0.5, 0.6) is 0 Å². The van der Waals surface area contributed by atoms with Gasteiger partial charge in [-0.15, -0.1) is 6.58 Å². The van der Waals surface area contributed by atoms with E-state index in [4.69, 9.17) is 11.6 Å². The van der Waals surface area contributed by atoms with Crippen LogP contribution in [-0.4, -0.2) is 42.0 Å². The summed E-state index contributed by atoms with van der Waals surface area (Å²) in [5.74, 6) is 0.261. The number of anilines is 2. The molecule has 0 amide bonds. The van der Waals surface area contributed by atoms with E-state index in [0.29, 0.717) is 5.82 Å². The van der Waals surface area contributed by atoms with Crippen LogP contribution < -0.4 is 10.2 Å². The number of nitrogens with zero attached hydrogens (tertiary/aromatic N) is 3. The highest BCUT2D eigenvalue weighted by atomic mass is 35.5. The van der Waals surface area contributed by atoms with Crippen LogP contribution in [0.2, 0.25) is 5.15 Å². The Labute approximate surface area is 169 Å². The van der Waals surface area contributed by atoms with Gasteiger partial charge in [-0.3, -0.25) is 0 Å². The molecule has 7 heteroatoms. The lowest BCUT2D eigenvalue weighted by Gasteiger charge is -2.34. The second-order valence-electron chi connectivity index (χ2n) is 6.36. The van der Waals surface area contributed by atoms with Crippen molar-refractivity contribution in [3.63, 3.8) is 0 Å². The standard InChI is InChI=1S/C20H24ClFN4S/c1-2-3-4-9-23-17-5-7-18(8-6-17)27-26-12-10-25(11-13-26)20-15-16(22)14-19(21)24-20/h2,5-8,14-15,23H,1,3-4,9-13H2. The largest absolute Gasteiger partial charge is 0.385 e. The molecule has 2 heterocycles. The summed E-state index contributed by atoms with van der Waals surface area (Å²) in [6.45, 7) is 8.04. The first-order chi connectivity index (χ1) is 13.1. The minimum Gasteiger partial charge on any atom is -0.385 e. The van der Waals surface area contributed by atoms with E-state index in [1.165, 1.54) is 17.0 Å². The summed E-state index contributed by atoms with van der Waals surface area (Å²) in [5, 5.41) is 3.61. The van der Waals surface area contributed by atoms with Crippen molar-refractivity contribution in [2.45, 2.75) is 17.7 Å². The van der Waals surface area contributed by atoms with Crippen LogP contribution in [0.3, 0.4) is 0 Å². The lowest BCUT2D eigenvalue weighted by atomic mass is 10.3. The van der Waals surface area contributed by atoms with Crippen molar-refractivity contribution >= 4 is 35.1 Å². The first-order valence-electron chi connectivity index (χ1n) is 9.10. The highest BCUT2D eigenvalue weighted by Gasteiger charge is 2.19. The molecule has 0 aliphatic carbocycles. The van der Waals surface area contributed by atoms with E-state index in [1.54, 1.807) is 11.9 Å². The molecule has 4 nitrogen and oxygen atoms in total. The maximum atomic E-state index is 13.5. The van der Waals surface area contributed by atoms with E-state index in [0.717, 1.165) is 51.3 Å². The summed E-state index contributed by atoms with van der Waals surface area (Å²) in [6, 6.07) is 11.2. The Morgan fingerprint density at radius 3 is 2.59 bits per heavy atom. The number of piperazine rings is 1. The molecule has 1 N–H and O–H groups in total. The summed E-state index contributed by atoms with van der Waals surface area (Å²) in [7, 11) is 0. The molecule has 1 aromatic carbocycles. The molecule has 0 bridgehead atoms. The van der Waals surface area contributed by atoms with Gasteiger partial charge in [0.25, 0.3) is 0 Å². The second kappa shape index (κ2) is 9.97. The van der Waals surface area contributed by atoms with Crippen molar-refractivity contribution in [3.8, 4) is 0 Å². The molecule has 1 fully saturated rings. The highest BCUT2D eigenvalue weighted by Crippen LogP contribution is 2.27. The molecule has 1 saturated heterocycles. The van der Waals surface area contributed by atoms with Gasteiger partial charge in [0.05, 0.1) is 0 Å². The third-order valence-corrected chi connectivity index (χ3v) is 5.61.